The first-order valence-electron chi connectivity index (χ1n) is 6.37. The summed E-state index contributed by atoms with van der Waals surface area (Å²) in [6.45, 7) is 7.64. The van der Waals surface area contributed by atoms with E-state index >= 15 is 0 Å². The summed E-state index contributed by atoms with van der Waals surface area (Å²) < 4.78 is 0. The average Bonchev–Trinajstić information content (AvgIpc) is 2.37. The third-order valence-electron chi connectivity index (χ3n) is 2.83. The topological polar surface area (TPSA) is 12.0 Å². The van der Waals surface area contributed by atoms with E-state index in [0.717, 1.165) is 6.54 Å². The summed E-state index contributed by atoms with van der Waals surface area (Å²) in [6, 6.07) is 10.8. The Morgan fingerprint density at radius 2 is 2.00 bits per heavy atom. The molecule has 0 spiro atoms. The maximum atomic E-state index is 3.48. The van der Waals surface area contributed by atoms with E-state index in [1.807, 2.05) is 6.07 Å². The molecule has 1 N–H and O–H groups in total. The lowest BCUT2D eigenvalue weighted by Gasteiger charge is -2.13. The molecule has 92 valence electrons. The van der Waals surface area contributed by atoms with Crippen molar-refractivity contribution in [3.8, 4) is 0 Å². The van der Waals surface area contributed by atoms with Gasteiger partial charge in [0.05, 0.1) is 0 Å². The molecule has 0 radical (unpaired) electrons. The van der Waals surface area contributed by atoms with Gasteiger partial charge in [0.25, 0.3) is 0 Å². The van der Waals surface area contributed by atoms with Crippen LogP contribution in [0.15, 0.2) is 48.1 Å². The molecule has 1 aromatic rings. The van der Waals surface area contributed by atoms with Crippen LogP contribution >= 0.6 is 0 Å². The van der Waals surface area contributed by atoms with Gasteiger partial charge in [-0.25, -0.2) is 0 Å². The third kappa shape index (κ3) is 5.50. The first kappa shape index (κ1) is 13.7. The van der Waals surface area contributed by atoms with Gasteiger partial charge in [0.1, 0.15) is 0 Å². The predicted octanol–water partition coefficient (Wildman–Crippen LogP) is 4.03. The fourth-order valence-corrected chi connectivity index (χ4v) is 1.54. The van der Waals surface area contributed by atoms with Crippen LogP contribution in [0.2, 0.25) is 0 Å². The fraction of sp³-hybridized carbons (Fsp3) is 0.375. The monoisotopic (exact) mass is 229 g/mol. The Hall–Kier alpha value is -1.34. The molecule has 0 saturated carbocycles. The van der Waals surface area contributed by atoms with Crippen LogP contribution in [-0.4, -0.2) is 12.6 Å². The van der Waals surface area contributed by atoms with E-state index in [1.54, 1.807) is 0 Å². The largest absolute Gasteiger partial charge is 0.311 e. The summed E-state index contributed by atoms with van der Waals surface area (Å²) in [7, 11) is 0. The molecule has 0 aliphatic heterocycles. The van der Waals surface area contributed by atoms with Crippen LogP contribution in [0.1, 0.15) is 32.8 Å². The van der Waals surface area contributed by atoms with Crippen LogP contribution in [0.3, 0.4) is 0 Å². The summed E-state index contributed by atoms with van der Waals surface area (Å²) >= 11 is 0. The zero-order chi connectivity index (χ0) is 12.5. The first-order chi connectivity index (χ1) is 8.24. The highest BCUT2D eigenvalue weighted by atomic mass is 14.9. The molecule has 0 aliphatic rings. The van der Waals surface area contributed by atoms with Crippen molar-refractivity contribution in [2.75, 3.05) is 6.54 Å². The van der Waals surface area contributed by atoms with Gasteiger partial charge in [0.2, 0.25) is 0 Å². The SMILES string of the molecule is CCCNC(C)C(C)=CC=Cc1ccccc1. The molecule has 0 aliphatic carbocycles. The minimum atomic E-state index is 0.454. The molecule has 1 nitrogen and oxygen atoms in total. The summed E-state index contributed by atoms with van der Waals surface area (Å²) in [6.07, 6.45) is 7.61. The quantitative estimate of drug-likeness (QED) is 0.726. The summed E-state index contributed by atoms with van der Waals surface area (Å²) in [5, 5.41) is 3.48. The number of rotatable bonds is 6. The molecule has 1 unspecified atom stereocenters. The Labute approximate surface area is 105 Å². The Morgan fingerprint density at radius 3 is 2.65 bits per heavy atom. The second kappa shape index (κ2) is 7.86. The summed E-state index contributed by atoms with van der Waals surface area (Å²) in [5.74, 6) is 0. The van der Waals surface area contributed by atoms with Crippen molar-refractivity contribution in [1.29, 1.82) is 0 Å². The van der Waals surface area contributed by atoms with Gasteiger partial charge in [-0.15, -0.1) is 0 Å². The molecule has 0 aromatic heterocycles. The van der Waals surface area contributed by atoms with Crippen molar-refractivity contribution in [1.82, 2.24) is 5.32 Å². The van der Waals surface area contributed by atoms with Crippen molar-refractivity contribution in [2.45, 2.75) is 33.2 Å². The third-order valence-corrected chi connectivity index (χ3v) is 2.83. The second-order valence-corrected chi connectivity index (χ2v) is 4.36. The highest BCUT2D eigenvalue weighted by Crippen LogP contribution is 2.04. The highest BCUT2D eigenvalue weighted by Gasteiger charge is 2.00. The van der Waals surface area contributed by atoms with Gasteiger partial charge < -0.3 is 5.32 Å². The van der Waals surface area contributed by atoms with Crippen LogP contribution in [0, 0.1) is 0 Å². The molecule has 0 heterocycles. The molecule has 1 rings (SSSR count). The lowest BCUT2D eigenvalue weighted by atomic mass is 10.1. The summed E-state index contributed by atoms with van der Waals surface area (Å²) in [5.41, 5.74) is 2.61. The number of hydrogen-bond donors (Lipinski definition) is 1. The van der Waals surface area contributed by atoms with Crippen LogP contribution < -0.4 is 5.32 Å². The van der Waals surface area contributed by atoms with Crippen molar-refractivity contribution >= 4 is 6.08 Å². The Kier molecular flexibility index (Phi) is 6.34. The molecule has 0 saturated heterocycles. The molecular formula is C16H23N. The summed E-state index contributed by atoms with van der Waals surface area (Å²) in [4.78, 5) is 0. The van der Waals surface area contributed by atoms with Gasteiger partial charge in [-0.3, -0.25) is 0 Å². The lowest BCUT2D eigenvalue weighted by molar-refractivity contribution is 0.602. The lowest BCUT2D eigenvalue weighted by Crippen LogP contribution is -2.27. The smallest absolute Gasteiger partial charge is 0.0251 e. The van der Waals surface area contributed by atoms with E-state index in [1.165, 1.54) is 17.6 Å². The molecule has 1 atom stereocenters. The zero-order valence-electron chi connectivity index (χ0n) is 11.1. The first-order valence-corrected chi connectivity index (χ1v) is 6.37. The van der Waals surface area contributed by atoms with Crippen LogP contribution in [0.5, 0.6) is 0 Å². The van der Waals surface area contributed by atoms with Gasteiger partial charge in [-0.05, 0) is 32.4 Å². The van der Waals surface area contributed by atoms with Gasteiger partial charge in [0, 0.05) is 6.04 Å². The molecule has 0 amide bonds. The van der Waals surface area contributed by atoms with Gasteiger partial charge in [-0.1, -0.05) is 61.1 Å². The van der Waals surface area contributed by atoms with Crippen LogP contribution in [0.4, 0.5) is 0 Å². The van der Waals surface area contributed by atoms with E-state index in [0.29, 0.717) is 6.04 Å². The molecule has 17 heavy (non-hydrogen) atoms. The van der Waals surface area contributed by atoms with Crippen LogP contribution in [0.25, 0.3) is 6.08 Å². The zero-order valence-corrected chi connectivity index (χ0v) is 11.1. The molecule has 1 heteroatoms. The normalized spacial score (nSPS) is 14.2. The number of hydrogen-bond acceptors (Lipinski definition) is 1. The number of benzene rings is 1. The molecule has 0 fully saturated rings. The van der Waals surface area contributed by atoms with Crippen LogP contribution in [-0.2, 0) is 0 Å². The van der Waals surface area contributed by atoms with Gasteiger partial charge in [-0.2, -0.15) is 0 Å². The van der Waals surface area contributed by atoms with E-state index in [2.05, 4.69) is 68.6 Å². The Bertz CT molecular complexity index is 362. The highest BCUT2D eigenvalue weighted by molar-refractivity contribution is 5.51. The Balaban J connectivity index is 2.49. The maximum absolute atomic E-state index is 3.48. The number of nitrogens with one attached hydrogen (secondary N) is 1. The number of allylic oxidation sites excluding steroid dienone is 2. The standard InChI is InChI=1S/C16H23N/c1-4-13-17-15(3)14(2)9-8-12-16-10-6-5-7-11-16/h5-12,15,17H,4,13H2,1-3H3. The average molecular weight is 229 g/mol. The predicted molar refractivity (Wildman–Crippen MR) is 77.0 cm³/mol. The van der Waals surface area contributed by atoms with Crippen molar-refractivity contribution in [3.05, 3.63) is 53.6 Å². The second-order valence-electron chi connectivity index (χ2n) is 4.36. The van der Waals surface area contributed by atoms with Crippen molar-refractivity contribution < 1.29 is 0 Å². The van der Waals surface area contributed by atoms with E-state index in [-0.39, 0.29) is 0 Å². The molecule has 1 aromatic carbocycles. The minimum absolute atomic E-state index is 0.454. The Morgan fingerprint density at radius 1 is 1.29 bits per heavy atom. The van der Waals surface area contributed by atoms with Gasteiger partial charge >= 0.3 is 0 Å². The fourth-order valence-electron chi connectivity index (χ4n) is 1.54. The van der Waals surface area contributed by atoms with E-state index in [4.69, 9.17) is 0 Å². The maximum Gasteiger partial charge on any atom is 0.0251 e. The molecular weight excluding hydrogens is 206 g/mol. The van der Waals surface area contributed by atoms with E-state index in [9.17, 15) is 0 Å². The molecule has 0 bridgehead atoms. The van der Waals surface area contributed by atoms with Crippen molar-refractivity contribution in [2.24, 2.45) is 0 Å². The van der Waals surface area contributed by atoms with Gasteiger partial charge in [0.15, 0.2) is 0 Å². The minimum Gasteiger partial charge on any atom is -0.311 e. The van der Waals surface area contributed by atoms with E-state index < -0.39 is 0 Å². The van der Waals surface area contributed by atoms with Crippen molar-refractivity contribution in [3.63, 3.8) is 0 Å².